The molecule has 3 atom stereocenters. The standard InChI is InChI=1S/C48H88NO10P/c1-3-5-7-9-11-13-15-17-19-20-21-22-23-24-26-28-30-32-34-36-38-40-47(51)59-44(42-57-60(54,55)58-43-45(49)48(52)53)41-56-46(50)39-37-35-33-31-29-27-25-18-16-14-12-10-8-6-4-2/h14,16-19,25,44-45H,3-13,15,20-24,26-43,49H2,1-2H3,(H,52,53)(H,54,55)/b16-14+,19-17+,25-18+/t44-,45-/m0/s1. The van der Waals surface area contributed by atoms with Crippen LogP contribution in [0.1, 0.15) is 219 Å². The number of esters is 2. The first-order valence-electron chi connectivity index (χ1n) is 24.0. The summed E-state index contributed by atoms with van der Waals surface area (Å²) < 4.78 is 32.8. The fourth-order valence-electron chi connectivity index (χ4n) is 6.58. The van der Waals surface area contributed by atoms with Crippen LogP contribution in [0.25, 0.3) is 0 Å². The van der Waals surface area contributed by atoms with Gasteiger partial charge in [0.25, 0.3) is 0 Å². The maximum atomic E-state index is 12.7. The molecule has 350 valence electrons. The summed E-state index contributed by atoms with van der Waals surface area (Å²) in [7, 11) is -4.72. The Hall–Kier alpha value is -2.30. The zero-order chi connectivity index (χ0) is 44.2. The molecular formula is C48H88NO10P. The van der Waals surface area contributed by atoms with Gasteiger partial charge >= 0.3 is 25.7 Å². The quantitative estimate of drug-likeness (QED) is 0.0175. The molecule has 60 heavy (non-hydrogen) atoms. The predicted octanol–water partition coefficient (Wildman–Crippen LogP) is 13.2. The van der Waals surface area contributed by atoms with Gasteiger partial charge < -0.3 is 25.2 Å². The van der Waals surface area contributed by atoms with Crippen LogP contribution in [0, 0.1) is 0 Å². The molecule has 4 N–H and O–H groups in total. The monoisotopic (exact) mass is 870 g/mol. The summed E-state index contributed by atoms with van der Waals surface area (Å²) in [6.45, 7) is 2.78. The number of carboxylic acids is 1. The van der Waals surface area contributed by atoms with Gasteiger partial charge in [-0.05, 0) is 64.2 Å². The lowest BCUT2D eigenvalue weighted by Crippen LogP contribution is -2.34. The van der Waals surface area contributed by atoms with Crippen molar-refractivity contribution in [2.24, 2.45) is 5.73 Å². The highest BCUT2D eigenvalue weighted by Crippen LogP contribution is 2.43. The number of phosphoric ester groups is 1. The van der Waals surface area contributed by atoms with Gasteiger partial charge in [0.15, 0.2) is 6.10 Å². The molecule has 0 bridgehead atoms. The highest BCUT2D eigenvalue weighted by atomic mass is 31.2. The minimum atomic E-state index is -4.72. The van der Waals surface area contributed by atoms with Gasteiger partial charge in [-0.15, -0.1) is 0 Å². The molecule has 11 nitrogen and oxygen atoms in total. The second-order valence-corrected chi connectivity index (χ2v) is 17.7. The van der Waals surface area contributed by atoms with Gasteiger partial charge in [-0.2, -0.15) is 0 Å². The molecule has 0 aliphatic carbocycles. The van der Waals surface area contributed by atoms with Crippen molar-refractivity contribution in [2.45, 2.75) is 231 Å². The van der Waals surface area contributed by atoms with Crippen molar-refractivity contribution in [3.05, 3.63) is 36.5 Å². The Kier molecular flexibility index (Phi) is 41.7. The predicted molar refractivity (Wildman–Crippen MR) is 245 cm³/mol. The van der Waals surface area contributed by atoms with E-state index in [9.17, 15) is 23.8 Å². The van der Waals surface area contributed by atoms with E-state index in [0.29, 0.717) is 12.8 Å². The number of aliphatic carboxylic acids is 1. The molecule has 12 heteroatoms. The van der Waals surface area contributed by atoms with E-state index in [2.05, 4.69) is 54.8 Å². The molecule has 0 saturated carbocycles. The molecule has 0 aromatic heterocycles. The first-order valence-corrected chi connectivity index (χ1v) is 25.5. The average Bonchev–Trinajstić information content (AvgIpc) is 3.22. The third-order valence-corrected chi connectivity index (χ3v) is 11.3. The highest BCUT2D eigenvalue weighted by molar-refractivity contribution is 7.47. The topological polar surface area (TPSA) is 172 Å². The normalized spacial score (nSPS) is 13.9. The number of hydrogen-bond donors (Lipinski definition) is 3. The number of phosphoric acid groups is 1. The number of hydrogen-bond acceptors (Lipinski definition) is 9. The lowest BCUT2D eigenvalue weighted by molar-refractivity contribution is -0.161. The van der Waals surface area contributed by atoms with Crippen molar-refractivity contribution in [2.75, 3.05) is 19.8 Å². The number of rotatable bonds is 45. The van der Waals surface area contributed by atoms with Crippen molar-refractivity contribution in [3.8, 4) is 0 Å². The third kappa shape index (κ3) is 42.4. The fourth-order valence-corrected chi connectivity index (χ4v) is 7.36. The number of unbranched alkanes of at least 4 members (excludes halogenated alkanes) is 26. The van der Waals surface area contributed by atoms with Gasteiger partial charge in [0, 0.05) is 12.8 Å². The molecule has 0 spiro atoms. The second-order valence-electron chi connectivity index (χ2n) is 16.3. The van der Waals surface area contributed by atoms with Gasteiger partial charge in [0.1, 0.15) is 12.6 Å². The van der Waals surface area contributed by atoms with Gasteiger partial charge in [-0.25, -0.2) is 4.57 Å². The molecule has 0 aliphatic rings. The van der Waals surface area contributed by atoms with Crippen molar-refractivity contribution < 1.29 is 47.5 Å². The van der Waals surface area contributed by atoms with E-state index >= 15 is 0 Å². The zero-order valence-corrected chi connectivity index (χ0v) is 38.9. The second kappa shape index (κ2) is 43.4. The van der Waals surface area contributed by atoms with Crippen LogP contribution in [0.2, 0.25) is 0 Å². The molecule has 0 aromatic carbocycles. The molecule has 0 radical (unpaired) electrons. The van der Waals surface area contributed by atoms with Crippen LogP contribution in [-0.4, -0.2) is 59.9 Å². The molecule has 0 rings (SSSR count). The largest absolute Gasteiger partial charge is 0.480 e. The Balaban J connectivity index is 4.29. The van der Waals surface area contributed by atoms with Crippen molar-refractivity contribution >= 4 is 25.7 Å². The van der Waals surface area contributed by atoms with E-state index in [1.165, 1.54) is 122 Å². The Labute approximate surface area is 365 Å². The fraction of sp³-hybridized carbons (Fsp3) is 0.812. The smallest absolute Gasteiger partial charge is 0.472 e. The summed E-state index contributed by atoms with van der Waals surface area (Å²) in [6, 6.07) is -1.52. The number of ether oxygens (including phenoxy) is 2. The lowest BCUT2D eigenvalue weighted by atomic mass is 10.0. The summed E-state index contributed by atoms with van der Waals surface area (Å²) in [5.41, 5.74) is 5.34. The first kappa shape index (κ1) is 57.7. The summed E-state index contributed by atoms with van der Waals surface area (Å²) in [6.07, 6.45) is 47.7. The van der Waals surface area contributed by atoms with Gasteiger partial charge in [-0.1, -0.05) is 179 Å². The van der Waals surface area contributed by atoms with E-state index < -0.39 is 51.1 Å². The van der Waals surface area contributed by atoms with Crippen LogP contribution in [0.3, 0.4) is 0 Å². The Bertz CT molecular complexity index is 1160. The zero-order valence-electron chi connectivity index (χ0n) is 38.1. The van der Waals surface area contributed by atoms with Crippen LogP contribution < -0.4 is 5.73 Å². The molecule has 0 fully saturated rings. The molecule has 0 aliphatic heterocycles. The van der Waals surface area contributed by atoms with Crippen molar-refractivity contribution in [3.63, 3.8) is 0 Å². The number of carbonyl (C=O) groups excluding carboxylic acids is 2. The highest BCUT2D eigenvalue weighted by Gasteiger charge is 2.28. The van der Waals surface area contributed by atoms with Crippen LogP contribution in [-0.2, 0) is 37.5 Å². The molecular weight excluding hydrogens is 781 g/mol. The molecule has 0 aromatic rings. The van der Waals surface area contributed by atoms with Crippen LogP contribution in [0.15, 0.2) is 36.5 Å². The van der Waals surface area contributed by atoms with Crippen molar-refractivity contribution in [1.82, 2.24) is 0 Å². The van der Waals surface area contributed by atoms with E-state index in [4.69, 9.17) is 24.8 Å². The van der Waals surface area contributed by atoms with E-state index in [0.717, 1.165) is 57.8 Å². The van der Waals surface area contributed by atoms with Crippen LogP contribution in [0.5, 0.6) is 0 Å². The summed E-state index contributed by atoms with van der Waals surface area (Å²) in [4.78, 5) is 46.1. The minimum absolute atomic E-state index is 0.158. The SMILES string of the molecule is CCCCCC/C=C/C=C/CCCCCCCC(=O)OC[C@@H](COP(=O)(O)OC[C@H](N)C(=O)O)OC(=O)CCCCCCCCCCCCC/C=C/CCCCCCCC. The Morgan fingerprint density at radius 3 is 1.33 bits per heavy atom. The van der Waals surface area contributed by atoms with Crippen LogP contribution in [0.4, 0.5) is 0 Å². The average molecular weight is 870 g/mol. The van der Waals surface area contributed by atoms with Gasteiger partial charge in [0.2, 0.25) is 0 Å². The minimum Gasteiger partial charge on any atom is -0.480 e. The van der Waals surface area contributed by atoms with Gasteiger partial charge in [-0.3, -0.25) is 23.4 Å². The van der Waals surface area contributed by atoms with E-state index in [1.807, 2.05) is 0 Å². The number of allylic oxidation sites excluding steroid dienone is 6. The number of nitrogens with two attached hydrogens (primary N) is 1. The number of carboxylic acid groups (broad SMARTS) is 1. The molecule has 0 heterocycles. The maximum absolute atomic E-state index is 12.7. The number of carbonyl (C=O) groups is 3. The first-order chi connectivity index (χ1) is 29.1. The Morgan fingerprint density at radius 1 is 0.517 bits per heavy atom. The molecule has 0 saturated heterocycles. The lowest BCUT2D eigenvalue weighted by Gasteiger charge is -2.20. The third-order valence-electron chi connectivity index (χ3n) is 10.4. The van der Waals surface area contributed by atoms with E-state index in [1.54, 1.807) is 0 Å². The molecule has 1 unspecified atom stereocenters. The summed E-state index contributed by atoms with van der Waals surface area (Å²) >= 11 is 0. The van der Waals surface area contributed by atoms with Crippen molar-refractivity contribution in [1.29, 1.82) is 0 Å². The van der Waals surface area contributed by atoms with E-state index in [-0.39, 0.29) is 19.4 Å². The van der Waals surface area contributed by atoms with Gasteiger partial charge in [0.05, 0.1) is 13.2 Å². The van der Waals surface area contributed by atoms with Crippen LogP contribution >= 0.6 is 7.82 Å². The maximum Gasteiger partial charge on any atom is 0.472 e. The summed E-state index contributed by atoms with van der Waals surface area (Å²) in [5.74, 6) is -2.39. The summed E-state index contributed by atoms with van der Waals surface area (Å²) in [5, 5.41) is 8.90. The Morgan fingerprint density at radius 2 is 0.883 bits per heavy atom. The molecule has 0 amide bonds.